The molecule has 5 nitrogen and oxygen atoms in total. The van der Waals surface area contributed by atoms with Crippen molar-refractivity contribution in [1.29, 1.82) is 0 Å². The number of hydrogen-bond acceptors (Lipinski definition) is 4. The van der Waals surface area contributed by atoms with Crippen molar-refractivity contribution < 1.29 is 18.7 Å². The van der Waals surface area contributed by atoms with Gasteiger partial charge >= 0.3 is 5.97 Å². The summed E-state index contributed by atoms with van der Waals surface area (Å²) in [6.45, 7) is 4.25. The van der Waals surface area contributed by atoms with E-state index >= 15 is 0 Å². The second-order valence-electron chi connectivity index (χ2n) is 3.59. The van der Waals surface area contributed by atoms with E-state index < -0.39 is 0 Å². The summed E-state index contributed by atoms with van der Waals surface area (Å²) in [5, 5.41) is 2.67. The maximum absolute atomic E-state index is 11.4. The summed E-state index contributed by atoms with van der Waals surface area (Å²) in [5.41, 5.74) is 0. The molecular weight excluding hydrogens is 222 g/mol. The fraction of sp³-hybridized carbons (Fsp3) is 0.500. The molecule has 0 spiro atoms. The van der Waals surface area contributed by atoms with Crippen molar-refractivity contribution in [1.82, 2.24) is 5.32 Å². The van der Waals surface area contributed by atoms with Crippen molar-refractivity contribution in [3.63, 3.8) is 0 Å². The van der Waals surface area contributed by atoms with Crippen LogP contribution in [0.1, 0.15) is 31.3 Å². The monoisotopic (exact) mass is 239 g/mol. The molecule has 0 saturated heterocycles. The fourth-order valence-corrected chi connectivity index (χ4v) is 1.30. The summed E-state index contributed by atoms with van der Waals surface area (Å²) in [6.07, 6.45) is 0.245. The average Bonchev–Trinajstić information content (AvgIpc) is 2.70. The van der Waals surface area contributed by atoms with Gasteiger partial charge < -0.3 is 14.5 Å². The van der Waals surface area contributed by atoms with E-state index in [2.05, 4.69) is 5.32 Å². The second-order valence-corrected chi connectivity index (χ2v) is 3.59. The van der Waals surface area contributed by atoms with Gasteiger partial charge in [0, 0.05) is 6.42 Å². The van der Waals surface area contributed by atoms with Gasteiger partial charge in [-0.3, -0.25) is 9.59 Å². The van der Waals surface area contributed by atoms with Gasteiger partial charge in [-0.1, -0.05) is 0 Å². The van der Waals surface area contributed by atoms with E-state index in [1.165, 1.54) is 0 Å². The Kier molecular flexibility index (Phi) is 5.26. The molecule has 1 heterocycles. The fourth-order valence-electron chi connectivity index (χ4n) is 1.30. The van der Waals surface area contributed by atoms with Crippen LogP contribution in [0.25, 0.3) is 0 Å². The van der Waals surface area contributed by atoms with Gasteiger partial charge in [-0.05, 0) is 26.0 Å². The van der Waals surface area contributed by atoms with E-state index in [4.69, 9.17) is 9.15 Å². The Hall–Kier alpha value is -1.78. The zero-order valence-electron chi connectivity index (χ0n) is 10.1. The van der Waals surface area contributed by atoms with Crippen molar-refractivity contribution >= 4 is 11.9 Å². The predicted octanol–water partition coefficient (Wildman–Crippen LogP) is 1.55. The molecule has 0 unspecified atom stereocenters. The van der Waals surface area contributed by atoms with Gasteiger partial charge in [-0.25, -0.2) is 0 Å². The zero-order valence-corrected chi connectivity index (χ0v) is 10.1. The van der Waals surface area contributed by atoms with Crippen LogP contribution in [-0.2, 0) is 20.9 Å². The highest BCUT2D eigenvalue weighted by Crippen LogP contribution is 2.05. The van der Waals surface area contributed by atoms with Crippen molar-refractivity contribution in [3.05, 3.63) is 23.7 Å². The molecule has 0 aliphatic heterocycles. The highest BCUT2D eigenvalue weighted by Gasteiger charge is 2.07. The lowest BCUT2D eigenvalue weighted by molar-refractivity contribution is -0.144. The van der Waals surface area contributed by atoms with E-state index in [0.717, 1.165) is 5.76 Å². The molecule has 0 saturated carbocycles. The third-order valence-corrected chi connectivity index (χ3v) is 2.12. The predicted molar refractivity (Wildman–Crippen MR) is 61.2 cm³/mol. The molecule has 94 valence electrons. The van der Waals surface area contributed by atoms with Gasteiger partial charge in [0.25, 0.3) is 0 Å². The second kappa shape index (κ2) is 6.73. The summed E-state index contributed by atoms with van der Waals surface area (Å²) >= 11 is 0. The summed E-state index contributed by atoms with van der Waals surface area (Å²) < 4.78 is 10.0. The van der Waals surface area contributed by atoms with E-state index in [9.17, 15) is 9.59 Å². The van der Waals surface area contributed by atoms with E-state index in [0.29, 0.717) is 18.9 Å². The Morgan fingerprint density at radius 3 is 2.71 bits per heavy atom. The lowest BCUT2D eigenvalue weighted by Gasteiger charge is -2.03. The van der Waals surface area contributed by atoms with Gasteiger partial charge in [0.2, 0.25) is 5.91 Å². The first-order valence-corrected chi connectivity index (χ1v) is 5.59. The summed E-state index contributed by atoms with van der Waals surface area (Å²) in [7, 11) is 0. The SMILES string of the molecule is CCOC(=O)CCC(=O)NCc1ccc(C)o1. The largest absolute Gasteiger partial charge is 0.466 e. The molecule has 1 rings (SSSR count). The molecule has 0 aromatic carbocycles. The molecule has 0 aliphatic rings. The van der Waals surface area contributed by atoms with Crippen molar-refractivity contribution in [3.8, 4) is 0 Å². The third-order valence-electron chi connectivity index (χ3n) is 2.12. The van der Waals surface area contributed by atoms with Gasteiger partial charge in [0.15, 0.2) is 0 Å². The Balaban J connectivity index is 2.19. The van der Waals surface area contributed by atoms with Crippen LogP contribution in [0.15, 0.2) is 16.5 Å². The van der Waals surface area contributed by atoms with Crippen LogP contribution in [0.4, 0.5) is 0 Å². The Morgan fingerprint density at radius 1 is 1.35 bits per heavy atom. The summed E-state index contributed by atoms with van der Waals surface area (Å²) in [5.74, 6) is 0.969. The van der Waals surface area contributed by atoms with Gasteiger partial charge in [0.05, 0.1) is 19.6 Å². The maximum Gasteiger partial charge on any atom is 0.306 e. The topological polar surface area (TPSA) is 68.5 Å². The van der Waals surface area contributed by atoms with E-state index in [1.807, 2.05) is 13.0 Å². The number of rotatable bonds is 6. The number of amides is 1. The highest BCUT2D eigenvalue weighted by molar-refractivity contribution is 5.81. The lowest BCUT2D eigenvalue weighted by atomic mass is 10.3. The molecule has 0 radical (unpaired) electrons. The first kappa shape index (κ1) is 13.3. The minimum Gasteiger partial charge on any atom is -0.466 e. The van der Waals surface area contributed by atoms with Crippen molar-refractivity contribution in [2.75, 3.05) is 6.61 Å². The minimum absolute atomic E-state index is 0.108. The number of aryl methyl sites for hydroxylation is 1. The van der Waals surface area contributed by atoms with Crippen LogP contribution in [0, 0.1) is 6.92 Å². The quantitative estimate of drug-likeness (QED) is 0.765. The Labute approximate surface area is 100 Å². The van der Waals surface area contributed by atoms with Crippen LogP contribution in [0.3, 0.4) is 0 Å². The standard InChI is InChI=1S/C12H17NO4/c1-3-16-12(15)7-6-11(14)13-8-10-5-4-9(2)17-10/h4-5H,3,6-8H2,1-2H3,(H,13,14). The maximum atomic E-state index is 11.4. The summed E-state index contributed by atoms with van der Waals surface area (Å²) in [4.78, 5) is 22.4. The number of hydrogen-bond donors (Lipinski definition) is 1. The van der Waals surface area contributed by atoms with Crippen molar-refractivity contribution in [2.24, 2.45) is 0 Å². The molecule has 0 fully saturated rings. The minimum atomic E-state index is -0.350. The number of furan rings is 1. The van der Waals surface area contributed by atoms with E-state index in [-0.39, 0.29) is 24.7 Å². The average molecular weight is 239 g/mol. The number of esters is 1. The number of ether oxygens (including phenoxy) is 1. The highest BCUT2D eigenvalue weighted by atomic mass is 16.5. The van der Waals surface area contributed by atoms with Crippen LogP contribution in [0.5, 0.6) is 0 Å². The normalized spacial score (nSPS) is 10.0. The molecule has 1 amide bonds. The lowest BCUT2D eigenvalue weighted by Crippen LogP contribution is -2.23. The Bertz CT molecular complexity index is 384. The van der Waals surface area contributed by atoms with Gasteiger partial charge in [-0.2, -0.15) is 0 Å². The first-order valence-electron chi connectivity index (χ1n) is 5.59. The molecule has 0 atom stereocenters. The zero-order chi connectivity index (χ0) is 12.7. The molecule has 1 N–H and O–H groups in total. The van der Waals surface area contributed by atoms with Crippen LogP contribution >= 0.6 is 0 Å². The van der Waals surface area contributed by atoms with Crippen LogP contribution in [-0.4, -0.2) is 18.5 Å². The molecule has 1 aromatic heterocycles. The molecule has 17 heavy (non-hydrogen) atoms. The third kappa shape index (κ3) is 5.19. The molecule has 0 aliphatic carbocycles. The van der Waals surface area contributed by atoms with Crippen LogP contribution < -0.4 is 5.32 Å². The molecule has 0 bridgehead atoms. The molecule has 5 heteroatoms. The van der Waals surface area contributed by atoms with Crippen molar-refractivity contribution in [2.45, 2.75) is 33.2 Å². The van der Waals surface area contributed by atoms with Gasteiger partial charge in [0.1, 0.15) is 11.5 Å². The molecular formula is C12H17NO4. The molecule has 1 aromatic rings. The number of carbonyl (C=O) groups excluding carboxylic acids is 2. The van der Waals surface area contributed by atoms with E-state index in [1.54, 1.807) is 13.0 Å². The first-order chi connectivity index (χ1) is 8.11. The number of carbonyl (C=O) groups is 2. The van der Waals surface area contributed by atoms with Crippen LogP contribution in [0.2, 0.25) is 0 Å². The summed E-state index contributed by atoms with van der Waals surface area (Å²) in [6, 6.07) is 3.64. The number of nitrogens with one attached hydrogen (secondary N) is 1. The smallest absolute Gasteiger partial charge is 0.306 e. The Morgan fingerprint density at radius 2 is 2.12 bits per heavy atom. The van der Waals surface area contributed by atoms with Gasteiger partial charge in [-0.15, -0.1) is 0 Å².